The molecular weight excluding hydrogens is 290 g/mol. The molecule has 0 aromatic heterocycles. The van der Waals surface area contributed by atoms with E-state index in [1.165, 1.54) is 12.3 Å². The maximum Gasteiger partial charge on any atom is 0.277 e. The summed E-state index contributed by atoms with van der Waals surface area (Å²) in [4.78, 5) is 23.7. The Labute approximate surface area is 134 Å². The Morgan fingerprint density at radius 2 is 1.65 bits per heavy atom. The van der Waals surface area contributed by atoms with Crippen LogP contribution in [0.4, 0.5) is 11.4 Å². The van der Waals surface area contributed by atoms with Crippen LogP contribution in [0.5, 0.6) is 0 Å². The van der Waals surface area contributed by atoms with E-state index >= 15 is 0 Å². The molecule has 0 bridgehead atoms. The molecule has 2 rings (SSSR count). The van der Waals surface area contributed by atoms with Crippen molar-refractivity contribution in [2.45, 2.75) is 6.92 Å². The minimum atomic E-state index is -0.734. The lowest BCUT2D eigenvalue weighted by Crippen LogP contribution is -2.28. The van der Waals surface area contributed by atoms with Crippen LogP contribution in [0.3, 0.4) is 0 Å². The van der Waals surface area contributed by atoms with Crippen LogP contribution >= 0.6 is 0 Å². The minimum absolute atomic E-state index is 0.539. The van der Waals surface area contributed by atoms with Gasteiger partial charge in [0.2, 0.25) is 5.78 Å². The van der Waals surface area contributed by atoms with Gasteiger partial charge in [-0.15, -0.1) is 0 Å². The lowest BCUT2D eigenvalue weighted by molar-refractivity contribution is -0.113. The molecule has 0 atom stereocenters. The maximum absolute atomic E-state index is 11.8. The van der Waals surface area contributed by atoms with Crippen LogP contribution in [0.15, 0.2) is 66.9 Å². The van der Waals surface area contributed by atoms with Gasteiger partial charge >= 0.3 is 0 Å². The maximum atomic E-state index is 11.8. The molecule has 0 unspecified atom stereocenters. The molecule has 0 aliphatic rings. The van der Waals surface area contributed by atoms with Crippen LogP contribution in [-0.2, 0) is 9.59 Å². The van der Waals surface area contributed by atoms with Gasteiger partial charge in [-0.2, -0.15) is 0 Å². The number of hydrogen-bond donors (Lipinski definition) is 3. The molecule has 0 radical (unpaired) electrons. The zero-order valence-corrected chi connectivity index (χ0v) is 12.7. The summed E-state index contributed by atoms with van der Waals surface area (Å²) in [6.07, 6.45) is 2.59. The van der Waals surface area contributed by atoms with Gasteiger partial charge in [0.15, 0.2) is 5.71 Å². The van der Waals surface area contributed by atoms with Gasteiger partial charge < -0.3 is 10.6 Å². The molecule has 3 N–H and O–H groups in total. The fourth-order valence-corrected chi connectivity index (χ4v) is 1.85. The van der Waals surface area contributed by atoms with Crippen molar-refractivity contribution in [3.63, 3.8) is 0 Å². The van der Waals surface area contributed by atoms with E-state index in [4.69, 9.17) is 5.41 Å². The van der Waals surface area contributed by atoms with Gasteiger partial charge in [0.05, 0.1) is 0 Å². The number of hydrogen-bond acceptors (Lipinski definition) is 4. The number of benzene rings is 2. The Balaban J connectivity index is 1.92. The Morgan fingerprint density at radius 3 is 2.35 bits per heavy atom. The summed E-state index contributed by atoms with van der Waals surface area (Å²) in [5.74, 6) is -1.40. The standard InChI is InChI=1S/C18H17N3O2/c1-13-7-5-6-10-15(13)20-12-11-16(22)17(19)18(23)21-14-8-3-2-4-9-14/h2-12,19-20H,1H3,(H,21,23)/b12-11-,19-17?. The van der Waals surface area contributed by atoms with Gasteiger partial charge in [0, 0.05) is 23.7 Å². The Morgan fingerprint density at radius 1 is 1.00 bits per heavy atom. The first-order valence-electron chi connectivity index (χ1n) is 7.06. The number of carbonyl (C=O) groups excluding carboxylic acids is 2. The molecule has 1 amide bonds. The molecule has 2 aromatic carbocycles. The lowest BCUT2D eigenvalue weighted by Gasteiger charge is -2.05. The van der Waals surface area contributed by atoms with E-state index in [2.05, 4.69) is 10.6 Å². The van der Waals surface area contributed by atoms with Crippen molar-refractivity contribution in [3.8, 4) is 0 Å². The number of para-hydroxylation sites is 2. The topological polar surface area (TPSA) is 82.1 Å². The molecule has 0 saturated carbocycles. The summed E-state index contributed by atoms with van der Waals surface area (Å²) in [5.41, 5.74) is 1.81. The number of anilines is 2. The van der Waals surface area contributed by atoms with Crippen molar-refractivity contribution < 1.29 is 9.59 Å². The normalized spacial score (nSPS) is 10.3. The minimum Gasteiger partial charge on any atom is -0.361 e. The highest BCUT2D eigenvalue weighted by Gasteiger charge is 2.15. The number of carbonyl (C=O) groups is 2. The second-order valence-corrected chi connectivity index (χ2v) is 4.85. The van der Waals surface area contributed by atoms with E-state index in [0.717, 1.165) is 11.3 Å². The molecule has 0 fully saturated rings. The molecule has 0 heterocycles. The summed E-state index contributed by atoms with van der Waals surface area (Å²) in [5, 5.41) is 13.1. The number of nitrogens with one attached hydrogen (secondary N) is 3. The van der Waals surface area contributed by atoms with Crippen molar-refractivity contribution in [3.05, 3.63) is 72.4 Å². The molecule has 2 aromatic rings. The monoisotopic (exact) mass is 307 g/mol. The number of allylic oxidation sites excluding steroid dienone is 1. The summed E-state index contributed by atoms with van der Waals surface area (Å²) < 4.78 is 0. The first-order chi connectivity index (χ1) is 11.1. The highest BCUT2D eigenvalue weighted by Crippen LogP contribution is 2.12. The third-order valence-corrected chi connectivity index (χ3v) is 3.12. The predicted octanol–water partition coefficient (Wildman–Crippen LogP) is 3.15. The quantitative estimate of drug-likeness (QED) is 0.435. The van der Waals surface area contributed by atoms with Crippen LogP contribution in [0.25, 0.3) is 0 Å². The SMILES string of the molecule is Cc1ccccc1N/C=C\C(=O)C(=N)C(=O)Nc1ccccc1. The second kappa shape index (κ2) is 7.70. The Kier molecular flexibility index (Phi) is 5.41. The zero-order chi connectivity index (χ0) is 16.7. The molecule has 0 saturated heterocycles. The van der Waals surface area contributed by atoms with Crippen molar-refractivity contribution in [2.24, 2.45) is 0 Å². The van der Waals surface area contributed by atoms with Crippen LogP contribution in [0.1, 0.15) is 5.56 Å². The van der Waals surface area contributed by atoms with Crippen molar-refractivity contribution >= 4 is 28.8 Å². The van der Waals surface area contributed by atoms with Crippen LogP contribution in [-0.4, -0.2) is 17.4 Å². The summed E-state index contributed by atoms with van der Waals surface area (Å²) in [7, 11) is 0. The van der Waals surface area contributed by atoms with Crippen molar-refractivity contribution in [2.75, 3.05) is 10.6 Å². The van der Waals surface area contributed by atoms with E-state index in [1.807, 2.05) is 37.3 Å². The van der Waals surface area contributed by atoms with Crippen LogP contribution in [0.2, 0.25) is 0 Å². The highest BCUT2D eigenvalue weighted by atomic mass is 16.2. The third-order valence-electron chi connectivity index (χ3n) is 3.12. The Hall–Kier alpha value is -3.21. The van der Waals surface area contributed by atoms with Gasteiger partial charge in [0.25, 0.3) is 5.91 Å². The van der Waals surface area contributed by atoms with Gasteiger partial charge in [-0.25, -0.2) is 0 Å². The summed E-state index contributed by atoms with van der Waals surface area (Å²) in [6, 6.07) is 16.3. The molecule has 5 heteroatoms. The first-order valence-corrected chi connectivity index (χ1v) is 7.06. The van der Waals surface area contributed by atoms with Gasteiger partial charge in [-0.1, -0.05) is 36.4 Å². The van der Waals surface area contributed by atoms with E-state index in [9.17, 15) is 9.59 Å². The fraction of sp³-hybridized carbons (Fsp3) is 0.0556. The highest BCUT2D eigenvalue weighted by molar-refractivity contribution is 6.68. The summed E-state index contributed by atoms with van der Waals surface area (Å²) >= 11 is 0. The third kappa shape index (κ3) is 4.64. The van der Waals surface area contributed by atoms with Crippen LogP contribution < -0.4 is 10.6 Å². The first kappa shape index (κ1) is 16.2. The van der Waals surface area contributed by atoms with Crippen molar-refractivity contribution in [1.82, 2.24) is 0 Å². The molecule has 0 aliphatic carbocycles. The smallest absolute Gasteiger partial charge is 0.277 e. The average molecular weight is 307 g/mol. The van der Waals surface area contributed by atoms with E-state index in [-0.39, 0.29) is 0 Å². The van der Waals surface area contributed by atoms with E-state index < -0.39 is 17.4 Å². The van der Waals surface area contributed by atoms with Gasteiger partial charge in [0.1, 0.15) is 0 Å². The van der Waals surface area contributed by atoms with Crippen molar-refractivity contribution in [1.29, 1.82) is 5.41 Å². The second-order valence-electron chi connectivity index (χ2n) is 4.85. The van der Waals surface area contributed by atoms with E-state index in [0.29, 0.717) is 5.69 Å². The fourth-order valence-electron chi connectivity index (χ4n) is 1.85. The molecule has 0 aliphatic heterocycles. The Bertz CT molecular complexity index is 752. The summed E-state index contributed by atoms with van der Waals surface area (Å²) in [6.45, 7) is 1.94. The molecular formula is C18H17N3O2. The molecule has 0 spiro atoms. The van der Waals surface area contributed by atoms with Gasteiger partial charge in [-0.3, -0.25) is 15.0 Å². The van der Waals surface area contributed by atoms with Crippen LogP contribution in [0, 0.1) is 12.3 Å². The molecule has 5 nitrogen and oxygen atoms in total. The number of amides is 1. The van der Waals surface area contributed by atoms with Gasteiger partial charge in [-0.05, 0) is 30.7 Å². The zero-order valence-electron chi connectivity index (χ0n) is 12.7. The molecule has 23 heavy (non-hydrogen) atoms. The number of ketones is 1. The predicted molar refractivity (Wildman–Crippen MR) is 91.7 cm³/mol. The van der Waals surface area contributed by atoms with E-state index in [1.54, 1.807) is 24.3 Å². The number of rotatable bonds is 6. The lowest BCUT2D eigenvalue weighted by atomic mass is 10.2. The average Bonchev–Trinajstić information content (AvgIpc) is 2.56. The largest absolute Gasteiger partial charge is 0.361 e. The molecule has 116 valence electrons. The number of aryl methyl sites for hydroxylation is 1.